The molecule has 5 N–H and O–H groups in total. The van der Waals surface area contributed by atoms with Crippen molar-refractivity contribution < 1.29 is 14.7 Å². The lowest BCUT2D eigenvalue weighted by Crippen LogP contribution is -2.27. The van der Waals surface area contributed by atoms with Crippen LogP contribution >= 0.6 is 0 Å². The molecule has 3 aromatic rings. The highest BCUT2D eigenvalue weighted by molar-refractivity contribution is 6.00. The van der Waals surface area contributed by atoms with E-state index in [1.54, 1.807) is 42.5 Å². The number of rotatable bonds is 7. The average molecular weight is 432 g/mol. The van der Waals surface area contributed by atoms with Crippen LogP contribution in [0, 0.1) is 5.41 Å². The van der Waals surface area contributed by atoms with Crippen LogP contribution in [0.1, 0.15) is 46.8 Å². The molecule has 0 radical (unpaired) electrons. The first-order chi connectivity index (χ1) is 15.4. The van der Waals surface area contributed by atoms with Gasteiger partial charge in [-0.3, -0.25) is 15.0 Å². The van der Waals surface area contributed by atoms with Gasteiger partial charge < -0.3 is 21.1 Å². The zero-order valence-electron chi connectivity index (χ0n) is 17.4. The predicted octanol–water partition coefficient (Wildman–Crippen LogP) is 2.78. The summed E-state index contributed by atoms with van der Waals surface area (Å²) in [5, 5.41) is 21.0. The summed E-state index contributed by atoms with van der Waals surface area (Å²) in [7, 11) is 0. The maximum atomic E-state index is 12.7. The van der Waals surface area contributed by atoms with Crippen LogP contribution in [0.25, 0.3) is 10.9 Å². The van der Waals surface area contributed by atoms with Crippen LogP contribution in [0.15, 0.2) is 48.8 Å². The molecule has 1 fully saturated rings. The number of carbonyl (C=O) groups excluding carboxylic acids is 1. The number of hydrogen-bond donors (Lipinski definition) is 4. The number of nitrogen functional groups attached to an aromatic ring is 1. The summed E-state index contributed by atoms with van der Waals surface area (Å²) in [6.45, 7) is 1.54. The quantitative estimate of drug-likeness (QED) is 0.332. The van der Waals surface area contributed by atoms with Crippen LogP contribution in [0.3, 0.4) is 0 Å². The number of amides is 1. The number of nitrogens with one attached hydrogen (secondary N) is 2. The fourth-order valence-corrected chi connectivity index (χ4v) is 3.92. The van der Waals surface area contributed by atoms with Crippen LogP contribution in [0.4, 0.5) is 5.82 Å². The fourth-order valence-electron chi connectivity index (χ4n) is 3.92. The molecule has 2 heterocycles. The summed E-state index contributed by atoms with van der Waals surface area (Å²) in [4.78, 5) is 34.7. The van der Waals surface area contributed by atoms with E-state index in [-0.39, 0.29) is 18.2 Å². The third kappa shape index (κ3) is 4.51. The van der Waals surface area contributed by atoms with Crippen LogP contribution in [-0.4, -0.2) is 50.8 Å². The largest absolute Gasteiger partial charge is 0.481 e. The molecule has 0 bridgehead atoms. The molecule has 1 aromatic heterocycles. The molecule has 32 heavy (non-hydrogen) atoms. The third-order valence-corrected chi connectivity index (χ3v) is 5.57. The van der Waals surface area contributed by atoms with Crippen molar-refractivity contribution in [2.75, 3.05) is 18.4 Å². The Labute approximate surface area is 184 Å². The summed E-state index contributed by atoms with van der Waals surface area (Å²) in [6, 6.07) is 11.6. The third-order valence-electron chi connectivity index (χ3n) is 5.57. The molecule has 1 saturated heterocycles. The number of anilines is 1. The molecule has 164 valence electrons. The van der Waals surface area contributed by atoms with E-state index in [4.69, 9.17) is 11.1 Å². The number of nitrogens with zero attached hydrogens (tertiary/aromatic N) is 3. The number of aromatic nitrogens is 2. The Kier molecular flexibility index (Phi) is 5.98. The minimum absolute atomic E-state index is 0.0117. The number of carboxylic acids is 1. The van der Waals surface area contributed by atoms with Gasteiger partial charge >= 0.3 is 5.97 Å². The van der Waals surface area contributed by atoms with Crippen molar-refractivity contribution in [3.63, 3.8) is 0 Å². The molecule has 4 rings (SSSR count). The number of carboxylic acid groups (broad SMARTS) is 1. The minimum Gasteiger partial charge on any atom is -0.481 e. The van der Waals surface area contributed by atoms with E-state index in [0.717, 1.165) is 25.9 Å². The first kappa shape index (κ1) is 21.2. The molecule has 1 unspecified atom stereocenters. The standard InChI is InChI=1S/C23H24N6O3/c24-21(25)15-5-3-4-14(10-15)18(12-20(30)31)28-22-17-7-6-16(11-19(17)26-13-27-22)23(32)29-8-1-2-9-29/h3-7,10-11,13,18H,1-2,8-9,12H2,(H3,24,25)(H,30,31)(H,26,27,28). The lowest BCUT2D eigenvalue weighted by molar-refractivity contribution is -0.137. The van der Waals surface area contributed by atoms with Crippen molar-refractivity contribution in [2.24, 2.45) is 5.73 Å². The second kappa shape index (κ2) is 9.01. The number of carbonyl (C=O) groups is 2. The lowest BCUT2D eigenvalue weighted by Gasteiger charge is -2.20. The SMILES string of the molecule is N=C(N)c1cccc(C(CC(=O)O)Nc2ncnc3cc(C(=O)N4CCCC4)ccc23)c1. The molecule has 2 aromatic carbocycles. The van der Waals surface area contributed by atoms with Gasteiger partial charge in [0.15, 0.2) is 0 Å². The lowest BCUT2D eigenvalue weighted by atomic mass is 10.0. The van der Waals surface area contributed by atoms with Crippen LogP contribution in [0.5, 0.6) is 0 Å². The predicted molar refractivity (Wildman–Crippen MR) is 121 cm³/mol. The maximum Gasteiger partial charge on any atom is 0.305 e. The summed E-state index contributed by atoms with van der Waals surface area (Å²) < 4.78 is 0. The van der Waals surface area contributed by atoms with Gasteiger partial charge in [0.1, 0.15) is 18.0 Å². The second-order valence-corrected chi connectivity index (χ2v) is 7.79. The number of likely N-dealkylation sites (tertiary alicyclic amines) is 1. The fraction of sp³-hybridized carbons (Fsp3) is 0.261. The Balaban J connectivity index is 1.66. The molecule has 0 spiro atoms. The second-order valence-electron chi connectivity index (χ2n) is 7.79. The molecule has 1 amide bonds. The molecule has 1 atom stereocenters. The molecule has 0 aliphatic carbocycles. The summed E-state index contributed by atoms with van der Waals surface area (Å²) in [5.41, 5.74) is 7.94. The number of benzene rings is 2. The zero-order chi connectivity index (χ0) is 22.7. The van der Waals surface area contributed by atoms with Gasteiger partial charge in [-0.05, 0) is 42.7 Å². The number of hydrogen-bond acceptors (Lipinski definition) is 6. The van der Waals surface area contributed by atoms with Gasteiger partial charge in [0.2, 0.25) is 0 Å². The zero-order valence-corrected chi connectivity index (χ0v) is 17.4. The summed E-state index contributed by atoms with van der Waals surface area (Å²) >= 11 is 0. The van der Waals surface area contributed by atoms with Crippen molar-refractivity contribution in [2.45, 2.75) is 25.3 Å². The van der Waals surface area contributed by atoms with Crippen molar-refractivity contribution >= 4 is 34.4 Å². The number of amidine groups is 1. The van der Waals surface area contributed by atoms with Crippen molar-refractivity contribution in [3.8, 4) is 0 Å². The molecular weight excluding hydrogens is 408 g/mol. The first-order valence-electron chi connectivity index (χ1n) is 10.4. The average Bonchev–Trinajstić information content (AvgIpc) is 3.32. The molecule has 9 heteroatoms. The van der Waals surface area contributed by atoms with Gasteiger partial charge in [0.05, 0.1) is 18.0 Å². The number of fused-ring (bicyclic) bond motifs is 1. The summed E-state index contributed by atoms with van der Waals surface area (Å²) in [6.07, 6.45) is 3.23. The highest BCUT2D eigenvalue weighted by Gasteiger charge is 2.21. The highest BCUT2D eigenvalue weighted by Crippen LogP contribution is 2.28. The van der Waals surface area contributed by atoms with Crippen LogP contribution in [0.2, 0.25) is 0 Å². The number of aliphatic carboxylic acids is 1. The van der Waals surface area contributed by atoms with E-state index in [2.05, 4.69) is 15.3 Å². The van der Waals surface area contributed by atoms with E-state index in [1.807, 2.05) is 4.90 Å². The van der Waals surface area contributed by atoms with E-state index in [1.165, 1.54) is 6.33 Å². The molecule has 1 aliphatic heterocycles. The van der Waals surface area contributed by atoms with Crippen molar-refractivity contribution in [1.82, 2.24) is 14.9 Å². The van der Waals surface area contributed by atoms with Gasteiger partial charge in [0.25, 0.3) is 5.91 Å². The topological polar surface area (TPSA) is 145 Å². The van der Waals surface area contributed by atoms with E-state index in [0.29, 0.717) is 33.4 Å². The smallest absolute Gasteiger partial charge is 0.305 e. The van der Waals surface area contributed by atoms with Gasteiger partial charge in [-0.2, -0.15) is 0 Å². The minimum atomic E-state index is -0.979. The van der Waals surface area contributed by atoms with Crippen molar-refractivity contribution in [3.05, 3.63) is 65.5 Å². The van der Waals surface area contributed by atoms with Crippen LogP contribution < -0.4 is 11.1 Å². The molecular formula is C23H24N6O3. The Bertz CT molecular complexity index is 1190. The normalized spacial score (nSPS) is 14.3. The number of nitrogens with two attached hydrogens (primary N) is 1. The Hall–Kier alpha value is -4.01. The Morgan fingerprint density at radius 1 is 1.12 bits per heavy atom. The van der Waals surface area contributed by atoms with Gasteiger partial charge in [-0.15, -0.1) is 0 Å². The highest BCUT2D eigenvalue weighted by atomic mass is 16.4. The Morgan fingerprint density at radius 2 is 1.91 bits per heavy atom. The monoisotopic (exact) mass is 432 g/mol. The molecule has 9 nitrogen and oxygen atoms in total. The van der Waals surface area contributed by atoms with Gasteiger partial charge in [-0.25, -0.2) is 9.97 Å². The van der Waals surface area contributed by atoms with Crippen LogP contribution in [-0.2, 0) is 4.79 Å². The van der Waals surface area contributed by atoms with E-state index in [9.17, 15) is 14.7 Å². The van der Waals surface area contributed by atoms with E-state index < -0.39 is 12.0 Å². The molecule has 1 aliphatic rings. The van der Waals surface area contributed by atoms with Gasteiger partial charge in [0, 0.05) is 29.6 Å². The Morgan fingerprint density at radius 3 is 2.62 bits per heavy atom. The molecule has 0 saturated carbocycles. The van der Waals surface area contributed by atoms with Crippen molar-refractivity contribution in [1.29, 1.82) is 5.41 Å². The summed E-state index contributed by atoms with van der Waals surface area (Å²) in [5.74, 6) is -0.617. The van der Waals surface area contributed by atoms with Gasteiger partial charge in [-0.1, -0.05) is 18.2 Å². The maximum absolute atomic E-state index is 12.7. The van der Waals surface area contributed by atoms with E-state index >= 15 is 0 Å². The first-order valence-corrected chi connectivity index (χ1v) is 10.4.